The van der Waals surface area contributed by atoms with Crippen molar-refractivity contribution in [3.05, 3.63) is 76.6 Å². The molecule has 1 amide bonds. The Morgan fingerprint density at radius 3 is 2.81 bits per heavy atom. The summed E-state index contributed by atoms with van der Waals surface area (Å²) in [6.07, 6.45) is 3.68. The number of halogens is 1. The fraction of sp³-hybridized carbons (Fsp3) is 0.238. The van der Waals surface area contributed by atoms with Gasteiger partial charge in [0, 0.05) is 17.4 Å². The van der Waals surface area contributed by atoms with Crippen LogP contribution in [-0.2, 0) is 4.79 Å². The highest BCUT2D eigenvalue weighted by Crippen LogP contribution is 2.24. The first kappa shape index (κ1) is 19.5. The first-order valence-electron chi connectivity index (χ1n) is 8.72. The Labute approximate surface area is 169 Å². The highest BCUT2D eigenvalue weighted by Gasteiger charge is 2.13. The van der Waals surface area contributed by atoms with Crippen LogP contribution in [0.3, 0.4) is 0 Å². The Bertz CT molecular complexity index is 954. The van der Waals surface area contributed by atoms with Crippen LogP contribution in [0.4, 0.5) is 0 Å². The molecule has 0 saturated carbocycles. The number of imidazole rings is 1. The third-order valence-electron chi connectivity index (χ3n) is 4.28. The van der Waals surface area contributed by atoms with Gasteiger partial charge in [-0.3, -0.25) is 9.36 Å². The number of aromatic nitrogens is 2. The van der Waals surface area contributed by atoms with E-state index in [0.29, 0.717) is 10.8 Å². The molecule has 0 fully saturated rings. The molecule has 1 N–H and O–H groups in total. The zero-order valence-corrected chi connectivity index (χ0v) is 17.1. The normalized spacial score (nSPS) is 12.0. The first-order valence-corrected chi connectivity index (χ1v) is 10.1. The van der Waals surface area contributed by atoms with E-state index in [9.17, 15) is 4.79 Å². The van der Waals surface area contributed by atoms with E-state index < -0.39 is 0 Å². The van der Waals surface area contributed by atoms with Crippen LogP contribution in [0.25, 0.3) is 5.69 Å². The number of aryl methyl sites for hydroxylation is 2. The molecule has 0 bridgehead atoms. The van der Waals surface area contributed by atoms with E-state index in [2.05, 4.69) is 42.3 Å². The average Bonchev–Trinajstić information content (AvgIpc) is 3.08. The van der Waals surface area contributed by atoms with Crippen molar-refractivity contribution in [2.75, 3.05) is 5.75 Å². The van der Waals surface area contributed by atoms with E-state index in [1.165, 1.54) is 22.9 Å². The Balaban J connectivity index is 1.64. The van der Waals surface area contributed by atoms with Gasteiger partial charge in [-0.1, -0.05) is 53.2 Å². The van der Waals surface area contributed by atoms with Crippen molar-refractivity contribution in [3.63, 3.8) is 0 Å². The molecule has 140 valence electrons. The molecule has 1 heterocycles. The maximum Gasteiger partial charge on any atom is 0.230 e. The zero-order valence-electron chi connectivity index (χ0n) is 15.6. The van der Waals surface area contributed by atoms with Crippen molar-refractivity contribution in [3.8, 4) is 5.69 Å². The van der Waals surface area contributed by atoms with Crippen molar-refractivity contribution < 1.29 is 4.79 Å². The maximum atomic E-state index is 12.4. The lowest BCUT2D eigenvalue weighted by Gasteiger charge is -2.15. The van der Waals surface area contributed by atoms with E-state index in [0.717, 1.165) is 16.4 Å². The van der Waals surface area contributed by atoms with Crippen LogP contribution in [-0.4, -0.2) is 21.2 Å². The van der Waals surface area contributed by atoms with Crippen molar-refractivity contribution in [2.45, 2.75) is 32.0 Å². The standard InChI is InChI=1S/C21H22ClN3OS/c1-14-7-8-19(15(2)11-14)25-10-9-23-21(25)27-13-20(26)24-16(3)17-5-4-6-18(22)12-17/h4-12,16H,13H2,1-3H3,(H,24,26)/t16-/m1/s1. The molecule has 27 heavy (non-hydrogen) atoms. The molecule has 1 atom stereocenters. The summed E-state index contributed by atoms with van der Waals surface area (Å²) in [4.78, 5) is 16.8. The van der Waals surface area contributed by atoms with E-state index in [1.54, 1.807) is 6.20 Å². The van der Waals surface area contributed by atoms with Crippen LogP contribution >= 0.6 is 23.4 Å². The molecule has 0 spiro atoms. The van der Waals surface area contributed by atoms with Crippen molar-refractivity contribution in [1.29, 1.82) is 0 Å². The summed E-state index contributed by atoms with van der Waals surface area (Å²) in [7, 11) is 0. The van der Waals surface area contributed by atoms with Crippen LogP contribution in [0, 0.1) is 13.8 Å². The topological polar surface area (TPSA) is 46.9 Å². The van der Waals surface area contributed by atoms with Crippen LogP contribution < -0.4 is 5.32 Å². The minimum absolute atomic E-state index is 0.0392. The molecular weight excluding hydrogens is 378 g/mol. The molecule has 2 aromatic carbocycles. The number of thioether (sulfide) groups is 1. The van der Waals surface area contributed by atoms with Gasteiger partial charge in [-0.25, -0.2) is 4.98 Å². The molecule has 3 aromatic rings. The molecule has 0 aliphatic carbocycles. The van der Waals surface area contributed by atoms with Gasteiger partial charge in [-0.05, 0) is 50.1 Å². The van der Waals surface area contributed by atoms with Gasteiger partial charge >= 0.3 is 0 Å². The number of benzene rings is 2. The summed E-state index contributed by atoms with van der Waals surface area (Å²) in [5, 5.41) is 4.47. The zero-order chi connectivity index (χ0) is 19.4. The van der Waals surface area contributed by atoms with Crippen LogP contribution in [0.2, 0.25) is 5.02 Å². The SMILES string of the molecule is Cc1ccc(-n2ccnc2SCC(=O)N[C@H](C)c2cccc(Cl)c2)c(C)c1. The second-order valence-corrected chi connectivity index (χ2v) is 7.88. The summed E-state index contributed by atoms with van der Waals surface area (Å²) in [5.41, 5.74) is 4.46. The molecule has 4 nitrogen and oxygen atoms in total. The van der Waals surface area contributed by atoms with E-state index in [4.69, 9.17) is 11.6 Å². The Hall–Kier alpha value is -2.24. The molecule has 1 aromatic heterocycles. The molecule has 0 aliphatic rings. The van der Waals surface area contributed by atoms with Crippen molar-refractivity contribution in [1.82, 2.24) is 14.9 Å². The van der Waals surface area contributed by atoms with Crippen LogP contribution in [0.5, 0.6) is 0 Å². The number of carbonyl (C=O) groups is 1. The summed E-state index contributed by atoms with van der Waals surface area (Å²) in [6.45, 7) is 6.10. The smallest absolute Gasteiger partial charge is 0.230 e. The number of nitrogens with zero attached hydrogens (tertiary/aromatic N) is 2. The Kier molecular flexibility index (Phi) is 6.24. The highest BCUT2D eigenvalue weighted by atomic mass is 35.5. The molecular formula is C21H22ClN3OS. The predicted molar refractivity (Wildman–Crippen MR) is 112 cm³/mol. The highest BCUT2D eigenvalue weighted by molar-refractivity contribution is 7.99. The van der Waals surface area contributed by atoms with E-state index >= 15 is 0 Å². The fourth-order valence-corrected chi connectivity index (χ4v) is 3.90. The maximum absolute atomic E-state index is 12.4. The number of carbonyl (C=O) groups excluding carboxylic acids is 1. The summed E-state index contributed by atoms with van der Waals surface area (Å²) >= 11 is 7.45. The summed E-state index contributed by atoms with van der Waals surface area (Å²) < 4.78 is 2.02. The number of amides is 1. The Morgan fingerprint density at radius 2 is 2.07 bits per heavy atom. The van der Waals surface area contributed by atoms with Crippen molar-refractivity contribution in [2.24, 2.45) is 0 Å². The van der Waals surface area contributed by atoms with Gasteiger partial charge in [0.2, 0.25) is 5.91 Å². The molecule has 0 unspecified atom stereocenters. The molecule has 0 radical (unpaired) electrons. The summed E-state index contributed by atoms with van der Waals surface area (Å²) in [5.74, 6) is 0.259. The molecule has 6 heteroatoms. The fourth-order valence-electron chi connectivity index (χ4n) is 2.93. The van der Waals surface area contributed by atoms with Gasteiger partial charge in [0.05, 0.1) is 17.5 Å². The lowest BCUT2D eigenvalue weighted by Crippen LogP contribution is -2.28. The Morgan fingerprint density at radius 1 is 1.26 bits per heavy atom. The molecule has 3 rings (SSSR count). The molecule has 0 saturated heterocycles. The number of hydrogen-bond acceptors (Lipinski definition) is 3. The van der Waals surface area contributed by atoms with Gasteiger partial charge < -0.3 is 5.32 Å². The van der Waals surface area contributed by atoms with Gasteiger partial charge in [-0.2, -0.15) is 0 Å². The third-order valence-corrected chi connectivity index (χ3v) is 5.48. The third kappa shape index (κ3) is 4.93. The first-order chi connectivity index (χ1) is 12.9. The number of rotatable bonds is 6. The average molecular weight is 400 g/mol. The van der Waals surface area contributed by atoms with E-state index in [-0.39, 0.29) is 11.9 Å². The van der Waals surface area contributed by atoms with Gasteiger partial charge in [0.1, 0.15) is 0 Å². The largest absolute Gasteiger partial charge is 0.349 e. The summed E-state index contributed by atoms with van der Waals surface area (Å²) in [6, 6.07) is 13.7. The minimum atomic E-state index is -0.101. The quantitative estimate of drug-likeness (QED) is 0.585. The van der Waals surface area contributed by atoms with Crippen LogP contribution in [0.1, 0.15) is 29.7 Å². The lowest BCUT2D eigenvalue weighted by atomic mass is 10.1. The van der Waals surface area contributed by atoms with Gasteiger partial charge in [-0.15, -0.1) is 0 Å². The molecule has 0 aliphatic heterocycles. The second kappa shape index (κ2) is 8.63. The van der Waals surface area contributed by atoms with Crippen LogP contribution in [0.15, 0.2) is 60.0 Å². The number of hydrogen-bond donors (Lipinski definition) is 1. The van der Waals surface area contributed by atoms with Crippen molar-refractivity contribution >= 4 is 29.3 Å². The van der Waals surface area contributed by atoms with Gasteiger partial charge in [0.15, 0.2) is 5.16 Å². The minimum Gasteiger partial charge on any atom is -0.349 e. The second-order valence-electron chi connectivity index (χ2n) is 6.50. The van der Waals surface area contributed by atoms with Gasteiger partial charge in [0.25, 0.3) is 0 Å². The van der Waals surface area contributed by atoms with E-state index in [1.807, 2.05) is 42.0 Å². The lowest BCUT2D eigenvalue weighted by molar-refractivity contribution is -0.119. The predicted octanol–water partition coefficient (Wildman–Crippen LogP) is 5.11. The monoisotopic (exact) mass is 399 g/mol. The number of nitrogens with one attached hydrogen (secondary N) is 1.